The molecule has 1 fully saturated rings. The van der Waals surface area contributed by atoms with E-state index in [2.05, 4.69) is 5.10 Å². The largest absolute Gasteiger partial charge is 0.337 e. The Morgan fingerprint density at radius 1 is 1.07 bits per heavy atom. The van der Waals surface area contributed by atoms with Gasteiger partial charge in [0, 0.05) is 18.7 Å². The quantitative estimate of drug-likeness (QED) is 0.744. The SMILES string of the molecule is Cc1ccc2c(c1)N(Cc1cc(F)ccc1F)N=C(C(=O)N1CCCCC1)S2(=O)=O. The van der Waals surface area contributed by atoms with Crippen LogP contribution < -0.4 is 5.01 Å². The third kappa shape index (κ3) is 3.69. The maximum absolute atomic E-state index is 14.2. The van der Waals surface area contributed by atoms with Gasteiger partial charge in [0.05, 0.1) is 17.1 Å². The van der Waals surface area contributed by atoms with Gasteiger partial charge in [-0.3, -0.25) is 9.80 Å². The Bertz CT molecular complexity index is 1140. The summed E-state index contributed by atoms with van der Waals surface area (Å²) < 4.78 is 54.3. The van der Waals surface area contributed by atoms with Crippen molar-refractivity contribution in [2.24, 2.45) is 5.10 Å². The summed E-state index contributed by atoms with van der Waals surface area (Å²) in [7, 11) is -4.14. The highest BCUT2D eigenvalue weighted by Gasteiger charge is 2.39. The van der Waals surface area contributed by atoms with Crippen molar-refractivity contribution in [2.45, 2.75) is 37.6 Å². The number of aryl methyl sites for hydroxylation is 1. The number of amides is 1. The fraction of sp³-hybridized carbons (Fsp3) is 0.333. The summed E-state index contributed by atoms with van der Waals surface area (Å²) in [5.74, 6) is -1.92. The highest BCUT2D eigenvalue weighted by molar-refractivity contribution is 8.08. The summed E-state index contributed by atoms with van der Waals surface area (Å²) in [5, 5.41) is 4.82. The number of anilines is 1. The van der Waals surface area contributed by atoms with E-state index >= 15 is 0 Å². The number of piperidine rings is 1. The third-order valence-electron chi connectivity index (χ3n) is 5.30. The molecule has 0 atom stereocenters. The number of halogens is 2. The summed E-state index contributed by atoms with van der Waals surface area (Å²) in [6, 6.07) is 7.71. The maximum atomic E-state index is 14.2. The molecule has 0 bridgehead atoms. The molecule has 9 heteroatoms. The number of nitrogens with zero attached hydrogens (tertiary/aromatic N) is 3. The van der Waals surface area contributed by atoms with Gasteiger partial charge in [0.2, 0.25) is 14.9 Å². The summed E-state index contributed by atoms with van der Waals surface area (Å²) in [4.78, 5) is 14.4. The van der Waals surface area contributed by atoms with Crippen LogP contribution in [-0.4, -0.2) is 37.4 Å². The number of carbonyl (C=O) groups is 1. The predicted octanol–water partition coefficient (Wildman–Crippen LogP) is 3.39. The van der Waals surface area contributed by atoms with Gasteiger partial charge in [0.25, 0.3) is 5.91 Å². The van der Waals surface area contributed by atoms with Crippen LogP contribution in [0.5, 0.6) is 0 Å². The molecule has 2 aromatic rings. The summed E-state index contributed by atoms with van der Waals surface area (Å²) >= 11 is 0. The molecule has 2 aliphatic rings. The lowest BCUT2D eigenvalue weighted by atomic mass is 10.1. The van der Waals surface area contributed by atoms with Gasteiger partial charge < -0.3 is 4.90 Å². The van der Waals surface area contributed by atoms with Gasteiger partial charge in [-0.15, -0.1) is 0 Å². The fourth-order valence-electron chi connectivity index (χ4n) is 3.71. The number of likely N-dealkylation sites (tertiary alicyclic amines) is 1. The molecule has 6 nitrogen and oxygen atoms in total. The van der Waals surface area contributed by atoms with Crippen molar-refractivity contribution >= 4 is 26.5 Å². The number of hydrogen-bond acceptors (Lipinski definition) is 5. The molecule has 0 spiro atoms. The van der Waals surface area contributed by atoms with Crippen molar-refractivity contribution in [3.63, 3.8) is 0 Å². The van der Waals surface area contributed by atoms with Crippen molar-refractivity contribution in [2.75, 3.05) is 18.1 Å². The van der Waals surface area contributed by atoms with Crippen LogP contribution in [0.4, 0.5) is 14.5 Å². The lowest BCUT2D eigenvalue weighted by Crippen LogP contribution is -2.45. The zero-order valence-corrected chi connectivity index (χ0v) is 17.3. The van der Waals surface area contributed by atoms with Crippen LogP contribution in [0.15, 0.2) is 46.4 Å². The van der Waals surface area contributed by atoms with E-state index in [1.807, 2.05) is 0 Å². The minimum atomic E-state index is -4.14. The molecule has 2 heterocycles. The van der Waals surface area contributed by atoms with Crippen molar-refractivity contribution in [3.05, 3.63) is 59.2 Å². The summed E-state index contributed by atoms with van der Waals surface area (Å²) in [5.41, 5.74) is 1.01. The first-order valence-electron chi connectivity index (χ1n) is 9.72. The molecule has 0 aliphatic carbocycles. The van der Waals surface area contributed by atoms with Gasteiger partial charge in [-0.2, -0.15) is 5.10 Å². The molecule has 1 saturated heterocycles. The molecule has 2 aromatic carbocycles. The average Bonchev–Trinajstić information content (AvgIpc) is 2.72. The Balaban J connectivity index is 1.81. The van der Waals surface area contributed by atoms with Gasteiger partial charge in [-0.1, -0.05) is 6.07 Å². The Labute approximate surface area is 173 Å². The molecular formula is C21H21F2N3O3S. The van der Waals surface area contributed by atoms with Crippen molar-refractivity contribution < 1.29 is 22.0 Å². The second-order valence-corrected chi connectivity index (χ2v) is 9.36. The van der Waals surface area contributed by atoms with E-state index in [-0.39, 0.29) is 22.7 Å². The summed E-state index contributed by atoms with van der Waals surface area (Å²) in [6.45, 7) is 2.50. The van der Waals surface area contributed by atoms with Crippen LogP contribution >= 0.6 is 0 Å². The van der Waals surface area contributed by atoms with E-state index in [1.165, 1.54) is 16.0 Å². The van der Waals surface area contributed by atoms with Crippen LogP contribution in [0.25, 0.3) is 0 Å². The lowest BCUT2D eigenvalue weighted by molar-refractivity contribution is -0.124. The number of benzene rings is 2. The number of fused-ring (bicyclic) bond motifs is 1. The number of hydrazone groups is 1. The number of sulfone groups is 1. The standard InChI is InChI=1S/C21H21F2N3O3S/c1-14-5-8-19-18(11-14)26(13-15-12-16(22)6-7-17(15)23)24-20(30(19,28)29)21(27)25-9-3-2-4-10-25/h5-8,11-12H,2-4,9-10,13H2,1H3. The van der Waals surface area contributed by atoms with Gasteiger partial charge in [0.15, 0.2) is 0 Å². The topological polar surface area (TPSA) is 70.1 Å². The second kappa shape index (κ2) is 7.79. The Hall–Kier alpha value is -2.81. The summed E-state index contributed by atoms with van der Waals surface area (Å²) in [6.07, 6.45) is 2.58. The van der Waals surface area contributed by atoms with Crippen molar-refractivity contribution in [3.8, 4) is 0 Å². The highest BCUT2D eigenvalue weighted by atomic mass is 32.2. The third-order valence-corrected chi connectivity index (χ3v) is 6.99. The van der Waals surface area contributed by atoms with E-state index < -0.39 is 32.4 Å². The van der Waals surface area contributed by atoms with Crippen LogP contribution in [0.1, 0.15) is 30.4 Å². The van der Waals surface area contributed by atoms with Crippen LogP contribution in [-0.2, 0) is 21.2 Å². The molecule has 4 rings (SSSR count). The minimum absolute atomic E-state index is 0.00951. The zero-order chi connectivity index (χ0) is 21.5. The second-order valence-electron chi connectivity index (χ2n) is 7.53. The minimum Gasteiger partial charge on any atom is -0.337 e. The molecule has 30 heavy (non-hydrogen) atoms. The van der Waals surface area contributed by atoms with Crippen LogP contribution in [0, 0.1) is 18.6 Å². The molecule has 0 unspecified atom stereocenters. The van der Waals surface area contributed by atoms with Gasteiger partial charge >= 0.3 is 0 Å². The van der Waals surface area contributed by atoms with E-state index in [0.29, 0.717) is 13.1 Å². The normalized spacial score (nSPS) is 18.0. The highest BCUT2D eigenvalue weighted by Crippen LogP contribution is 2.34. The number of carbonyl (C=O) groups excluding carboxylic acids is 1. The van der Waals surface area contributed by atoms with Gasteiger partial charge in [-0.05, 0) is 62.1 Å². The number of rotatable bonds is 3. The first-order chi connectivity index (χ1) is 14.3. The molecule has 1 amide bonds. The van der Waals surface area contributed by atoms with Gasteiger partial charge in [-0.25, -0.2) is 17.2 Å². The smallest absolute Gasteiger partial charge is 0.286 e. The fourth-order valence-corrected chi connectivity index (χ4v) is 5.17. The van der Waals surface area contributed by atoms with Crippen LogP contribution in [0.3, 0.4) is 0 Å². The zero-order valence-electron chi connectivity index (χ0n) is 16.4. The molecule has 0 N–H and O–H groups in total. The Kier molecular flexibility index (Phi) is 5.31. The molecule has 0 radical (unpaired) electrons. The average molecular weight is 433 g/mol. The van der Waals surface area contributed by atoms with E-state index in [9.17, 15) is 22.0 Å². The Morgan fingerprint density at radius 3 is 2.53 bits per heavy atom. The molecular weight excluding hydrogens is 412 g/mol. The number of hydrogen-bond donors (Lipinski definition) is 0. The van der Waals surface area contributed by atoms with Crippen molar-refractivity contribution in [1.29, 1.82) is 0 Å². The lowest BCUT2D eigenvalue weighted by Gasteiger charge is -2.31. The maximum Gasteiger partial charge on any atom is 0.286 e. The molecule has 158 valence electrons. The van der Waals surface area contributed by atoms with E-state index in [1.54, 1.807) is 19.1 Å². The van der Waals surface area contributed by atoms with Crippen molar-refractivity contribution in [1.82, 2.24) is 4.90 Å². The van der Waals surface area contributed by atoms with E-state index in [4.69, 9.17) is 0 Å². The monoisotopic (exact) mass is 433 g/mol. The van der Waals surface area contributed by atoms with Crippen LogP contribution in [0.2, 0.25) is 0 Å². The predicted molar refractivity (Wildman–Crippen MR) is 109 cm³/mol. The first kappa shape index (κ1) is 20.5. The molecule has 0 saturated carbocycles. The first-order valence-corrected chi connectivity index (χ1v) is 11.2. The van der Waals surface area contributed by atoms with Gasteiger partial charge in [0.1, 0.15) is 11.6 Å². The molecule has 2 aliphatic heterocycles. The Morgan fingerprint density at radius 2 is 1.80 bits per heavy atom. The van der Waals surface area contributed by atoms with E-state index in [0.717, 1.165) is 43.0 Å². The molecule has 0 aromatic heterocycles.